The second-order valence-electron chi connectivity index (χ2n) is 6.80. The summed E-state index contributed by atoms with van der Waals surface area (Å²) in [5.74, 6) is 0.234. The first-order chi connectivity index (χ1) is 12.3. The number of amides is 1. The molecule has 1 amide bonds. The zero-order valence-corrected chi connectivity index (χ0v) is 15.2. The van der Waals surface area contributed by atoms with E-state index >= 15 is 0 Å². The zero-order valence-electron chi connectivity index (χ0n) is 15.2. The van der Waals surface area contributed by atoms with Gasteiger partial charge in [-0.05, 0) is 45.0 Å². The molecule has 1 aromatic carbocycles. The lowest BCUT2D eigenvalue weighted by Crippen LogP contribution is -2.46. The second-order valence-corrected chi connectivity index (χ2v) is 6.80. The fourth-order valence-electron chi connectivity index (χ4n) is 3.34. The molecule has 2 N–H and O–H groups in total. The van der Waals surface area contributed by atoms with E-state index in [-0.39, 0.29) is 30.5 Å². The number of rotatable bonds is 5. The molecule has 3 rings (SSSR count). The molecule has 3 atom stereocenters. The minimum Gasteiger partial charge on any atom is -0.373 e. The number of morpholine rings is 1. The fraction of sp³-hybridized carbons (Fsp3) is 0.500. The molecule has 1 fully saturated rings. The van der Waals surface area contributed by atoms with Crippen molar-refractivity contribution in [3.63, 3.8) is 0 Å². The van der Waals surface area contributed by atoms with Gasteiger partial charge in [0.25, 0.3) is 0 Å². The van der Waals surface area contributed by atoms with Crippen LogP contribution in [0.25, 0.3) is 5.69 Å². The summed E-state index contributed by atoms with van der Waals surface area (Å²) in [7, 11) is 0. The molecule has 0 radical (unpaired) electrons. The van der Waals surface area contributed by atoms with E-state index in [1.165, 1.54) is 12.1 Å². The third kappa shape index (κ3) is 4.08. The summed E-state index contributed by atoms with van der Waals surface area (Å²) in [5.41, 5.74) is 5.98. The number of carbonyl (C=O) groups excluding carboxylic acids is 1. The monoisotopic (exact) mass is 361 g/mol. The fourth-order valence-corrected chi connectivity index (χ4v) is 3.34. The molecule has 8 heteroatoms. The summed E-state index contributed by atoms with van der Waals surface area (Å²) in [6.45, 7) is 7.67. The summed E-state index contributed by atoms with van der Waals surface area (Å²) in [6, 6.07) is 5.97. The predicted octanol–water partition coefficient (Wildman–Crippen LogP) is 1.60. The van der Waals surface area contributed by atoms with Crippen LogP contribution in [0, 0.1) is 5.82 Å². The van der Waals surface area contributed by atoms with E-state index in [1.807, 2.05) is 20.8 Å². The van der Waals surface area contributed by atoms with Crippen LogP contribution >= 0.6 is 0 Å². The van der Waals surface area contributed by atoms with E-state index in [0.717, 1.165) is 13.1 Å². The van der Waals surface area contributed by atoms with Gasteiger partial charge in [-0.1, -0.05) is 0 Å². The van der Waals surface area contributed by atoms with Gasteiger partial charge in [-0.15, -0.1) is 0 Å². The minimum atomic E-state index is -0.492. The van der Waals surface area contributed by atoms with Gasteiger partial charge in [-0.2, -0.15) is 5.10 Å². The molecule has 7 nitrogen and oxygen atoms in total. The van der Waals surface area contributed by atoms with Crippen LogP contribution in [-0.4, -0.2) is 50.9 Å². The van der Waals surface area contributed by atoms with E-state index in [9.17, 15) is 9.18 Å². The zero-order chi connectivity index (χ0) is 18.8. The van der Waals surface area contributed by atoms with Crippen molar-refractivity contribution in [2.24, 2.45) is 5.73 Å². The van der Waals surface area contributed by atoms with Crippen LogP contribution in [0.1, 0.15) is 38.5 Å². The van der Waals surface area contributed by atoms with Crippen LogP contribution in [0.3, 0.4) is 0 Å². The lowest BCUT2D eigenvalue weighted by Gasteiger charge is -2.38. The van der Waals surface area contributed by atoms with Crippen molar-refractivity contribution in [3.8, 4) is 5.69 Å². The molecule has 1 saturated heterocycles. The maximum atomic E-state index is 13.3. The third-order valence-corrected chi connectivity index (χ3v) is 4.45. The quantitative estimate of drug-likeness (QED) is 0.874. The number of aromatic nitrogens is 3. The molecule has 0 bridgehead atoms. The van der Waals surface area contributed by atoms with Gasteiger partial charge in [-0.3, -0.25) is 9.69 Å². The first-order valence-corrected chi connectivity index (χ1v) is 8.73. The lowest BCUT2D eigenvalue weighted by atomic mass is 10.1. The highest BCUT2D eigenvalue weighted by Crippen LogP contribution is 2.25. The number of benzene rings is 1. The second kappa shape index (κ2) is 7.51. The van der Waals surface area contributed by atoms with E-state index in [4.69, 9.17) is 10.5 Å². The van der Waals surface area contributed by atoms with Crippen molar-refractivity contribution >= 4 is 5.91 Å². The van der Waals surface area contributed by atoms with Crippen molar-refractivity contribution in [2.45, 2.75) is 45.4 Å². The van der Waals surface area contributed by atoms with Gasteiger partial charge in [-0.25, -0.2) is 14.1 Å². The predicted molar refractivity (Wildman–Crippen MR) is 94.2 cm³/mol. The van der Waals surface area contributed by atoms with Gasteiger partial charge in [0, 0.05) is 13.1 Å². The van der Waals surface area contributed by atoms with E-state index in [1.54, 1.807) is 16.8 Å². The summed E-state index contributed by atoms with van der Waals surface area (Å²) < 4.78 is 20.7. The highest BCUT2D eigenvalue weighted by atomic mass is 19.1. The number of nitrogens with two attached hydrogens (primary N) is 1. The maximum absolute atomic E-state index is 13.3. The Kier molecular flexibility index (Phi) is 5.33. The molecular formula is C18H24FN5O2. The van der Waals surface area contributed by atoms with E-state index < -0.39 is 5.91 Å². The van der Waals surface area contributed by atoms with Crippen molar-refractivity contribution in [1.82, 2.24) is 19.7 Å². The molecule has 2 heterocycles. The van der Waals surface area contributed by atoms with Crippen molar-refractivity contribution in [3.05, 3.63) is 41.7 Å². The Morgan fingerprint density at radius 1 is 1.31 bits per heavy atom. The number of nitrogens with zero attached hydrogens (tertiary/aromatic N) is 4. The van der Waals surface area contributed by atoms with Crippen molar-refractivity contribution in [2.75, 3.05) is 13.1 Å². The number of ether oxygens (including phenoxy) is 1. The average Bonchev–Trinajstić information content (AvgIpc) is 2.97. The van der Waals surface area contributed by atoms with Gasteiger partial charge in [0.05, 0.1) is 30.4 Å². The molecule has 1 aliphatic heterocycles. The number of hydrogen-bond donors (Lipinski definition) is 1. The lowest BCUT2D eigenvalue weighted by molar-refractivity contribution is -0.117. The molecule has 140 valence electrons. The number of halogens is 1. The van der Waals surface area contributed by atoms with Crippen molar-refractivity contribution < 1.29 is 13.9 Å². The Morgan fingerprint density at radius 3 is 2.50 bits per heavy atom. The first-order valence-electron chi connectivity index (χ1n) is 8.73. The van der Waals surface area contributed by atoms with Gasteiger partial charge in [0.1, 0.15) is 11.6 Å². The molecule has 0 spiro atoms. The molecule has 0 saturated carbocycles. The van der Waals surface area contributed by atoms with Gasteiger partial charge in [0.15, 0.2) is 5.82 Å². The molecule has 26 heavy (non-hydrogen) atoms. The SMILES string of the molecule is CC1CN(C(C)c2nc(CC(N)=O)nn2-c2ccc(F)cc2)CC(C)O1. The van der Waals surface area contributed by atoms with E-state index in [2.05, 4.69) is 15.0 Å². The Morgan fingerprint density at radius 2 is 1.92 bits per heavy atom. The number of hydrogen-bond acceptors (Lipinski definition) is 5. The molecule has 0 aliphatic carbocycles. The summed E-state index contributed by atoms with van der Waals surface area (Å²) in [6.07, 6.45) is 0.200. The van der Waals surface area contributed by atoms with Crippen LogP contribution < -0.4 is 5.73 Å². The molecule has 1 aliphatic rings. The Bertz CT molecular complexity index is 766. The van der Waals surface area contributed by atoms with Crippen LogP contribution in [0.15, 0.2) is 24.3 Å². The summed E-state index contributed by atoms with van der Waals surface area (Å²) >= 11 is 0. The first kappa shape index (κ1) is 18.5. The standard InChI is InChI=1S/C18H24FN5O2/c1-11-9-23(10-12(2)26-11)13(3)18-21-17(8-16(20)25)22-24(18)15-6-4-14(19)5-7-15/h4-7,11-13H,8-10H2,1-3H3,(H2,20,25). The Balaban J connectivity index is 1.96. The van der Waals surface area contributed by atoms with Crippen molar-refractivity contribution in [1.29, 1.82) is 0 Å². The largest absolute Gasteiger partial charge is 0.373 e. The normalized spacial score (nSPS) is 22.3. The molecule has 2 aromatic rings. The highest BCUT2D eigenvalue weighted by Gasteiger charge is 2.30. The summed E-state index contributed by atoms with van der Waals surface area (Å²) in [5, 5.41) is 4.43. The molecular weight excluding hydrogens is 337 g/mol. The molecule has 1 aromatic heterocycles. The summed E-state index contributed by atoms with van der Waals surface area (Å²) in [4.78, 5) is 18.1. The van der Waals surface area contributed by atoms with Crippen LogP contribution in [-0.2, 0) is 16.0 Å². The highest BCUT2D eigenvalue weighted by molar-refractivity contribution is 5.75. The van der Waals surface area contributed by atoms with Gasteiger partial charge < -0.3 is 10.5 Å². The minimum absolute atomic E-state index is 0.0379. The van der Waals surface area contributed by atoms with Gasteiger partial charge in [0.2, 0.25) is 5.91 Å². The van der Waals surface area contributed by atoms with Gasteiger partial charge >= 0.3 is 0 Å². The maximum Gasteiger partial charge on any atom is 0.225 e. The van der Waals surface area contributed by atoms with Crippen LogP contribution in [0.5, 0.6) is 0 Å². The smallest absolute Gasteiger partial charge is 0.225 e. The average molecular weight is 361 g/mol. The topological polar surface area (TPSA) is 86.3 Å². The number of primary amides is 1. The van der Waals surface area contributed by atoms with Crippen LogP contribution in [0.2, 0.25) is 0 Å². The third-order valence-electron chi connectivity index (χ3n) is 4.45. The molecule has 3 unspecified atom stereocenters. The Labute approximate surface area is 151 Å². The number of carbonyl (C=O) groups is 1. The Hall–Kier alpha value is -2.32. The van der Waals surface area contributed by atoms with Crippen LogP contribution in [0.4, 0.5) is 4.39 Å². The van der Waals surface area contributed by atoms with E-state index in [0.29, 0.717) is 17.3 Å².